The van der Waals surface area contributed by atoms with E-state index in [1.54, 1.807) is 18.3 Å². The molecule has 146 valence electrons. The zero-order chi connectivity index (χ0) is 20.1. The Morgan fingerprint density at radius 3 is 2.64 bits per heavy atom. The average molecular weight is 415 g/mol. The highest BCUT2D eigenvalue weighted by Gasteiger charge is 2.14. The van der Waals surface area contributed by atoms with Crippen LogP contribution in [0.2, 0.25) is 5.02 Å². The summed E-state index contributed by atoms with van der Waals surface area (Å²) in [6, 6.07) is 13.5. The Labute approximate surface area is 174 Å². The van der Waals surface area contributed by atoms with Gasteiger partial charge in [0, 0.05) is 28.9 Å². The van der Waals surface area contributed by atoms with E-state index in [2.05, 4.69) is 10.3 Å². The molecule has 0 aliphatic heterocycles. The summed E-state index contributed by atoms with van der Waals surface area (Å²) in [6.07, 6.45) is 0.119. The van der Waals surface area contributed by atoms with Crippen LogP contribution in [0.15, 0.2) is 47.8 Å². The summed E-state index contributed by atoms with van der Waals surface area (Å²) in [4.78, 5) is 16.9. The van der Waals surface area contributed by atoms with Crippen molar-refractivity contribution in [3.8, 4) is 16.3 Å². The van der Waals surface area contributed by atoms with Gasteiger partial charge in [0.15, 0.2) is 6.10 Å². The highest BCUT2D eigenvalue weighted by Crippen LogP contribution is 2.25. The van der Waals surface area contributed by atoms with Crippen LogP contribution in [-0.2, 0) is 11.2 Å². The molecule has 0 saturated heterocycles. The summed E-state index contributed by atoms with van der Waals surface area (Å²) in [7, 11) is 0. The molecule has 0 fully saturated rings. The van der Waals surface area contributed by atoms with Crippen molar-refractivity contribution >= 4 is 28.8 Å². The maximum atomic E-state index is 12.3. The summed E-state index contributed by atoms with van der Waals surface area (Å²) >= 11 is 7.51. The Morgan fingerprint density at radius 1 is 1.18 bits per heavy atom. The monoisotopic (exact) mass is 414 g/mol. The molecule has 0 saturated carbocycles. The molecule has 3 aromatic rings. The predicted octanol–water partition coefficient (Wildman–Crippen LogP) is 5.21. The van der Waals surface area contributed by atoms with Crippen molar-refractivity contribution in [3.63, 3.8) is 0 Å². The Morgan fingerprint density at radius 2 is 1.93 bits per heavy atom. The number of thiazole rings is 1. The smallest absolute Gasteiger partial charge is 0.260 e. The zero-order valence-corrected chi connectivity index (χ0v) is 17.7. The van der Waals surface area contributed by atoms with Crippen molar-refractivity contribution in [2.24, 2.45) is 0 Å². The second kappa shape index (κ2) is 9.22. The molecule has 0 aliphatic carbocycles. The summed E-state index contributed by atoms with van der Waals surface area (Å²) in [5.74, 6) is 0.573. The van der Waals surface area contributed by atoms with Crippen molar-refractivity contribution < 1.29 is 9.53 Å². The lowest BCUT2D eigenvalue weighted by atomic mass is 10.1. The Kier molecular flexibility index (Phi) is 6.70. The molecule has 28 heavy (non-hydrogen) atoms. The molecule has 6 heteroatoms. The first-order chi connectivity index (χ1) is 13.4. The van der Waals surface area contributed by atoms with Crippen LogP contribution in [0.5, 0.6) is 5.75 Å². The number of hydrogen-bond acceptors (Lipinski definition) is 4. The number of hydrogen-bond donors (Lipinski definition) is 1. The average Bonchev–Trinajstić information content (AvgIpc) is 3.14. The Balaban J connectivity index is 1.48. The first-order valence-corrected chi connectivity index (χ1v) is 10.4. The summed E-state index contributed by atoms with van der Waals surface area (Å²) in [5.41, 5.74) is 4.34. The standard InChI is InChI=1S/C22H23ClN2O2S/c1-14-4-9-20(12-15(14)2)27-16(3)21(26)24-11-10-19-13-28-22(25-19)17-5-7-18(23)8-6-17/h4-9,12-13,16H,10-11H2,1-3H3,(H,24,26). The van der Waals surface area contributed by atoms with Gasteiger partial charge in [0.05, 0.1) is 5.69 Å². The third-order valence-electron chi connectivity index (χ3n) is 4.48. The van der Waals surface area contributed by atoms with Gasteiger partial charge in [0.1, 0.15) is 10.8 Å². The number of carbonyl (C=O) groups excluding carboxylic acids is 1. The zero-order valence-electron chi connectivity index (χ0n) is 16.2. The van der Waals surface area contributed by atoms with Crippen LogP contribution in [0.1, 0.15) is 23.7 Å². The number of aromatic nitrogens is 1. The van der Waals surface area contributed by atoms with Gasteiger partial charge < -0.3 is 10.1 Å². The van der Waals surface area contributed by atoms with E-state index in [0.717, 1.165) is 21.8 Å². The highest BCUT2D eigenvalue weighted by atomic mass is 35.5. The van der Waals surface area contributed by atoms with Gasteiger partial charge in [0.2, 0.25) is 0 Å². The first kappa shape index (κ1) is 20.4. The minimum atomic E-state index is -0.554. The fraction of sp³-hybridized carbons (Fsp3) is 0.273. The van der Waals surface area contributed by atoms with E-state index in [4.69, 9.17) is 16.3 Å². The molecule has 1 aromatic heterocycles. The minimum absolute atomic E-state index is 0.133. The SMILES string of the molecule is Cc1ccc(OC(C)C(=O)NCCc2csc(-c3ccc(Cl)cc3)n2)cc1C. The topological polar surface area (TPSA) is 51.2 Å². The maximum Gasteiger partial charge on any atom is 0.260 e. The molecule has 1 heterocycles. The van der Waals surface area contributed by atoms with Crippen LogP contribution in [0, 0.1) is 13.8 Å². The lowest BCUT2D eigenvalue weighted by molar-refractivity contribution is -0.127. The third-order valence-corrected chi connectivity index (χ3v) is 5.68. The fourth-order valence-corrected chi connectivity index (χ4v) is 3.64. The van der Waals surface area contributed by atoms with Crippen LogP contribution in [0.25, 0.3) is 10.6 Å². The number of aryl methyl sites for hydroxylation is 2. The van der Waals surface area contributed by atoms with Crippen LogP contribution in [0.3, 0.4) is 0 Å². The van der Waals surface area contributed by atoms with Gasteiger partial charge in [-0.15, -0.1) is 11.3 Å². The van der Waals surface area contributed by atoms with E-state index in [9.17, 15) is 4.79 Å². The van der Waals surface area contributed by atoms with E-state index in [-0.39, 0.29) is 5.91 Å². The molecule has 1 amide bonds. The van der Waals surface area contributed by atoms with Crippen LogP contribution >= 0.6 is 22.9 Å². The molecular weight excluding hydrogens is 392 g/mol. The van der Waals surface area contributed by atoms with Gasteiger partial charge in [-0.2, -0.15) is 0 Å². The number of nitrogens with one attached hydrogen (secondary N) is 1. The third kappa shape index (κ3) is 5.33. The van der Waals surface area contributed by atoms with Crippen LogP contribution < -0.4 is 10.1 Å². The van der Waals surface area contributed by atoms with Gasteiger partial charge in [-0.1, -0.05) is 29.8 Å². The second-order valence-electron chi connectivity index (χ2n) is 6.70. The van der Waals surface area contributed by atoms with E-state index >= 15 is 0 Å². The van der Waals surface area contributed by atoms with Gasteiger partial charge in [-0.3, -0.25) is 4.79 Å². The Bertz CT molecular complexity index is 953. The van der Waals surface area contributed by atoms with E-state index in [1.807, 2.05) is 61.7 Å². The van der Waals surface area contributed by atoms with Gasteiger partial charge >= 0.3 is 0 Å². The molecule has 2 aromatic carbocycles. The van der Waals surface area contributed by atoms with Gasteiger partial charge in [-0.05, 0) is 56.2 Å². The molecule has 4 nitrogen and oxygen atoms in total. The molecule has 0 radical (unpaired) electrons. The normalized spacial score (nSPS) is 11.9. The second-order valence-corrected chi connectivity index (χ2v) is 7.99. The molecule has 0 spiro atoms. The molecule has 1 unspecified atom stereocenters. The number of benzene rings is 2. The molecule has 1 atom stereocenters. The van der Waals surface area contributed by atoms with E-state index in [1.165, 1.54) is 5.56 Å². The van der Waals surface area contributed by atoms with Crippen molar-refractivity contribution in [1.29, 1.82) is 0 Å². The predicted molar refractivity (Wildman–Crippen MR) is 115 cm³/mol. The number of halogens is 1. The molecular formula is C22H23ClN2O2S. The number of nitrogens with zero attached hydrogens (tertiary/aromatic N) is 1. The molecule has 3 rings (SSSR count). The highest BCUT2D eigenvalue weighted by molar-refractivity contribution is 7.13. The Hall–Kier alpha value is -2.37. The quantitative estimate of drug-likeness (QED) is 0.577. The molecule has 0 aliphatic rings. The number of amides is 1. The number of ether oxygens (including phenoxy) is 1. The summed E-state index contributed by atoms with van der Waals surface area (Å²) in [5, 5.41) is 6.59. The van der Waals surface area contributed by atoms with Crippen molar-refractivity contribution in [2.75, 3.05) is 6.54 Å². The van der Waals surface area contributed by atoms with Crippen molar-refractivity contribution in [1.82, 2.24) is 10.3 Å². The minimum Gasteiger partial charge on any atom is -0.481 e. The molecule has 0 bridgehead atoms. The van der Waals surface area contributed by atoms with E-state index in [0.29, 0.717) is 23.7 Å². The largest absolute Gasteiger partial charge is 0.481 e. The lowest BCUT2D eigenvalue weighted by Gasteiger charge is -2.15. The van der Waals surface area contributed by atoms with Crippen molar-refractivity contribution in [3.05, 3.63) is 69.7 Å². The number of carbonyl (C=O) groups is 1. The van der Waals surface area contributed by atoms with Crippen LogP contribution in [0.4, 0.5) is 0 Å². The van der Waals surface area contributed by atoms with Gasteiger partial charge in [-0.25, -0.2) is 4.98 Å². The van der Waals surface area contributed by atoms with Crippen molar-refractivity contribution in [2.45, 2.75) is 33.3 Å². The maximum absolute atomic E-state index is 12.3. The lowest BCUT2D eigenvalue weighted by Crippen LogP contribution is -2.37. The first-order valence-electron chi connectivity index (χ1n) is 9.14. The van der Waals surface area contributed by atoms with Crippen LogP contribution in [-0.4, -0.2) is 23.5 Å². The number of rotatable bonds is 7. The fourth-order valence-electron chi connectivity index (χ4n) is 2.65. The summed E-state index contributed by atoms with van der Waals surface area (Å²) in [6.45, 7) is 6.35. The van der Waals surface area contributed by atoms with Gasteiger partial charge in [0.25, 0.3) is 5.91 Å². The van der Waals surface area contributed by atoms with E-state index < -0.39 is 6.10 Å². The molecule has 1 N–H and O–H groups in total. The summed E-state index contributed by atoms with van der Waals surface area (Å²) < 4.78 is 5.75.